The van der Waals surface area contributed by atoms with Crippen LogP contribution in [0.5, 0.6) is 0 Å². The molecule has 0 aliphatic carbocycles. The number of carboxylic acid groups (broad SMARTS) is 1. The number of nitrogens with zero attached hydrogens (tertiary/aromatic N) is 1. The van der Waals surface area contributed by atoms with Gasteiger partial charge in [0.1, 0.15) is 0 Å². The van der Waals surface area contributed by atoms with E-state index in [1.807, 2.05) is 6.92 Å². The molecule has 0 rings (SSSR count). The maximum Gasteiger partial charge on any atom is 0.317 e. The summed E-state index contributed by atoms with van der Waals surface area (Å²) >= 11 is 0. The number of carbonyl (C=O) groups excluding carboxylic acids is 1. The number of carbonyl (C=O) groups is 2. The largest absolute Gasteiger partial charge is 0.481 e. The first kappa shape index (κ1) is 14.7. The van der Waals surface area contributed by atoms with Crippen molar-refractivity contribution in [3.63, 3.8) is 0 Å². The summed E-state index contributed by atoms with van der Waals surface area (Å²) in [6, 6.07) is -0.453. The molecule has 6 nitrogen and oxygen atoms in total. The average molecular weight is 232 g/mol. The predicted molar refractivity (Wildman–Crippen MR) is 59.2 cm³/mol. The number of hydrogen-bond donors (Lipinski definition) is 3. The smallest absolute Gasteiger partial charge is 0.317 e. The van der Waals surface area contributed by atoms with E-state index in [9.17, 15) is 9.59 Å². The topological polar surface area (TPSA) is 89.9 Å². The Labute approximate surface area is 95.2 Å². The van der Waals surface area contributed by atoms with E-state index in [4.69, 9.17) is 10.2 Å². The quantitative estimate of drug-likeness (QED) is 0.587. The number of amides is 2. The molecule has 1 unspecified atom stereocenters. The van der Waals surface area contributed by atoms with Crippen LogP contribution in [0.4, 0.5) is 4.79 Å². The molecule has 0 bridgehead atoms. The Bertz CT molecular complexity index is 233. The van der Waals surface area contributed by atoms with Gasteiger partial charge in [0.25, 0.3) is 0 Å². The van der Waals surface area contributed by atoms with Crippen LogP contribution >= 0.6 is 0 Å². The SMILES string of the molecule is CCN(CCO)C(=O)NC(C)CCC(=O)O. The Balaban J connectivity index is 3.96. The number of urea groups is 1. The van der Waals surface area contributed by atoms with Crippen molar-refractivity contribution in [1.29, 1.82) is 0 Å². The van der Waals surface area contributed by atoms with E-state index in [1.165, 1.54) is 4.90 Å². The monoisotopic (exact) mass is 232 g/mol. The maximum atomic E-state index is 11.6. The lowest BCUT2D eigenvalue weighted by molar-refractivity contribution is -0.137. The first-order valence-electron chi connectivity index (χ1n) is 5.39. The summed E-state index contributed by atoms with van der Waals surface area (Å²) in [6.45, 7) is 4.29. The van der Waals surface area contributed by atoms with Gasteiger partial charge in [-0.05, 0) is 20.3 Å². The summed E-state index contributed by atoms with van der Waals surface area (Å²) in [5.74, 6) is -0.871. The van der Waals surface area contributed by atoms with E-state index < -0.39 is 5.97 Å². The molecule has 0 saturated heterocycles. The van der Waals surface area contributed by atoms with E-state index in [1.54, 1.807) is 6.92 Å². The standard InChI is InChI=1S/C10H20N2O4/c1-3-12(6-7-13)10(16)11-8(2)4-5-9(14)15/h8,13H,3-7H2,1-2H3,(H,11,16)(H,14,15). The fourth-order valence-electron chi connectivity index (χ4n) is 1.24. The molecule has 0 aliphatic rings. The van der Waals surface area contributed by atoms with Crippen molar-refractivity contribution in [3.8, 4) is 0 Å². The minimum Gasteiger partial charge on any atom is -0.481 e. The lowest BCUT2D eigenvalue weighted by Gasteiger charge is -2.22. The van der Waals surface area contributed by atoms with Crippen molar-refractivity contribution < 1.29 is 19.8 Å². The van der Waals surface area contributed by atoms with Gasteiger partial charge in [0.2, 0.25) is 0 Å². The third kappa shape index (κ3) is 6.23. The summed E-state index contributed by atoms with van der Waals surface area (Å²) in [4.78, 5) is 23.4. The van der Waals surface area contributed by atoms with E-state index in [0.717, 1.165) is 0 Å². The zero-order valence-corrected chi connectivity index (χ0v) is 9.77. The highest BCUT2D eigenvalue weighted by atomic mass is 16.4. The van der Waals surface area contributed by atoms with Gasteiger partial charge in [-0.3, -0.25) is 4.79 Å². The van der Waals surface area contributed by atoms with Crippen molar-refractivity contribution in [2.75, 3.05) is 19.7 Å². The van der Waals surface area contributed by atoms with Crippen LogP contribution in [0.25, 0.3) is 0 Å². The van der Waals surface area contributed by atoms with Gasteiger partial charge in [0.15, 0.2) is 0 Å². The number of hydrogen-bond acceptors (Lipinski definition) is 3. The Morgan fingerprint density at radius 1 is 1.44 bits per heavy atom. The molecule has 94 valence electrons. The molecule has 0 spiro atoms. The molecule has 6 heteroatoms. The van der Waals surface area contributed by atoms with Crippen LogP contribution in [-0.2, 0) is 4.79 Å². The summed E-state index contributed by atoms with van der Waals surface area (Å²) < 4.78 is 0. The molecule has 0 radical (unpaired) electrons. The lowest BCUT2D eigenvalue weighted by Crippen LogP contribution is -2.45. The highest BCUT2D eigenvalue weighted by Crippen LogP contribution is 1.98. The minimum atomic E-state index is -0.871. The molecular formula is C10H20N2O4. The van der Waals surface area contributed by atoms with Crippen LogP contribution in [-0.4, -0.2) is 52.9 Å². The van der Waals surface area contributed by atoms with Gasteiger partial charge < -0.3 is 20.4 Å². The normalized spacial score (nSPS) is 11.9. The fourth-order valence-corrected chi connectivity index (χ4v) is 1.24. The number of carboxylic acids is 1. The van der Waals surface area contributed by atoms with Gasteiger partial charge in [-0.25, -0.2) is 4.79 Å². The summed E-state index contributed by atoms with van der Waals surface area (Å²) in [7, 11) is 0. The fraction of sp³-hybridized carbons (Fsp3) is 0.800. The van der Waals surface area contributed by atoms with Crippen molar-refractivity contribution in [1.82, 2.24) is 10.2 Å². The highest BCUT2D eigenvalue weighted by Gasteiger charge is 2.13. The van der Waals surface area contributed by atoms with Crippen LogP contribution in [0.3, 0.4) is 0 Å². The molecule has 0 aromatic rings. The molecule has 0 aliphatic heterocycles. The second-order valence-corrected chi connectivity index (χ2v) is 3.59. The molecule has 1 atom stereocenters. The molecule has 0 aromatic heterocycles. The number of aliphatic hydroxyl groups excluding tert-OH is 1. The van der Waals surface area contributed by atoms with Gasteiger partial charge in [-0.1, -0.05) is 0 Å². The number of nitrogens with one attached hydrogen (secondary N) is 1. The number of aliphatic carboxylic acids is 1. The summed E-state index contributed by atoms with van der Waals surface area (Å²) in [6.07, 6.45) is 0.436. The van der Waals surface area contributed by atoms with Gasteiger partial charge in [0, 0.05) is 25.6 Å². The maximum absolute atomic E-state index is 11.6. The average Bonchev–Trinajstić information content (AvgIpc) is 2.22. The number of aliphatic hydroxyl groups is 1. The zero-order valence-electron chi connectivity index (χ0n) is 9.77. The summed E-state index contributed by atoms with van der Waals surface area (Å²) in [5, 5.41) is 19.9. The van der Waals surface area contributed by atoms with Crippen LogP contribution in [0, 0.1) is 0 Å². The van der Waals surface area contributed by atoms with Crippen LogP contribution in [0.15, 0.2) is 0 Å². The van der Waals surface area contributed by atoms with Crippen LogP contribution < -0.4 is 5.32 Å². The van der Waals surface area contributed by atoms with Crippen molar-refractivity contribution >= 4 is 12.0 Å². The second kappa shape index (κ2) is 7.92. The Hall–Kier alpha value is -1.30. The molecular weight excluding hydrogens is 212 g/mol. The molecule has 0 aromatic carbocycles. The van der Waals surface area contributed by atoms with Gasteiger partial charge >= 0.3 is 12.0 Å². The van der Waals surface area contributed by atoms with Gasteiger partial charge in [-0.15, -0.1) is 0 Å². The minimum absolute atomic E-state index is 0.0353. The predicted octanol–water partition coefficient (Wildman–Crippen LogP) is 0.263. The van der Waals surface area contributed by atoms with Gasteiger partial charge in [-0.2, -0.15) is 0 Å². The lowest BCUT2D eigenvalue weighted by atomic mass is 10.2. The Kier molecular flexibility index (Phi) is 7.28. The molecule has 0 heterocycles. The van der Waals surface area contributed by atoms with E-state index in [2.05, 4.69) is 5.32 Å². The van der Waals surface area contributed by atoms with E-state index in [0.29, 0.717) is 13.0 Å². The Morgan fingerprint density at radius 2 is 2.06 bits per heavy atom. The van der Waals surface area contributed by atoms with E-state index in [-0.39, 0.29) is 31.6 Å². The Morgan fingerprint density at radius 3 is 2.50 bits per heavy atom. The van der Waals surface area contributed by atoms with Crippen LogP contribution in [0.2, 0.25) is 0 Å². The van der Waals surface area contributed by atoms with Crippen molar-refractivity contribution in [2.24, 2.45) is 0 Å². The van der Waals surface area contributed by atoms with Crippen LogP contribution in [0.1, 0.15) is 26.7 Å². The first-order chi connectivity index (χ1) is 7.51. The number of likely N-dealkylation sites (N-methyl/N-ethyl adjacent to an activating group) is 1. The molecule has 2 amide bonds. The van der Waals surface area contributed by atoms with Crippen molar-refractivity contribution in [3.05, 3.63) is 0 Å². The molecule has 16 heavy (non-hydrogen) atoms. The first-order valence-corrected chi connectivity index (χ1v) is 5.39. The second-order valence-electron chi connectivity index (χ2n) is 3.59. The van der Waals surface area contributed by atoms with E-state index >= 15 is 0 Å². The zero-order chi connectivity index (χ0) is 12.6. The highest BCUT2D eigenvalue weighted by molar-refractivity contribution is 5.74. The third-order valence-electron chi connectivity index (χ3n) is 2.20. The van der Waals surface area contributed by atoms with Crippen molar-refractivity contribution in [2.45, 2.75) is 32.7 Å². The third-order valence-corrected chi connectivity index (χ3v) is 2.20. The molecule has 3 N–H and O–H groups in total. The number of rotatable bonds is 7. The summed E-state index contributed by atoms with van der Waals surface area (Å²) in [5.41, 5.74) is 0. The van der Waals surface area contributed by atoms with Gasteiger partial charge in [0.05, 0.1) is 6.61 Å². The molecule has 0 fully saturated rings. The molecule has 0 saturated carbocycles.